The molecule has 4 rings (SSSR count). The summed E-state index contributed by atoms with van der Waals surface area (Å²) < 4.78 is 1.88. The van der Waals surface area contributed by atoms with Crippen molar-refractivity contribution in [2.45, 2.75) is 6.54 Å². The van der Waals surface area contributed by atoms with Gasteiger partial charge in [-0.1, -0.05) is 48.5 Å². The maximum absolute atomic E-state index is 13.1. The van der Waals surface area contributed by atoms with Crippen molar-refractivity contribution in [1.82, 2.24) is 9.38 Å². The zero-order valence-electron chi connectivity index (χ0n) is 12.9. The molecule has 2 heterocycles. The highest BCUT2D eigenvalue weighted by Crippen LogP contribution is 2.21. The lowest BCUT2D eigenvalue weighted by molar-refractivity contribution is 0.0981. The highest BCUT2D eigenvalue weighted by molar-refractivity contribution is 7.15. The van der Waals surface area contributed by atoms with Crippen molar-refractivity contribution in [3.8, 4) is 0 Å². The van der Waals surface area contributed by atoms with Crippen LogP contribution in [0, 0.1) is 0 Å². The van der Waals surface area contributed by atoms with Crippen LogP contribution in [0.4, 0.5) is 5.69 Å². The maximum atomic E-state index is 13.1. The summed E-state index contributed by atoms with van der Waals surface area (Å²) in [5, 5.41) is 1.95. The summed E-state index contributed by atoms with van der Waals surface area (Å²) in [6.45, 7) is 0.509. The van der Waals surface area contributed by atoms with E-state index in [1.54, 1.807) is 11.1 Å². The standard InChI is InChI=1S/C19H15N3OS/c23-18(17-14-21-11-12-24-19(21)20-17)22(16-9-5-2-6-10-16)13-15-7-3-1-4-8-15/h1-12,14H,13H2. The Labute approximate surface area is 143 Å². The molecule has 5 heteroatoms. The number of fused-ring (bicyclic) bond motifs is 1. The molecular formula is C19H15N3OS. The highest BCUT2D eigenvalue weighted by Gasteiger charge is 2.21. The van der Waals surface area contributed by atoms with Crippen molar-refractivity contribution in [2.75, 3.05) is 4.90 Å². The first-order chi connectivity index (χ1) is 11.8. The third kappa shape index (κ3) is 2.81. The van der Waals surface area contributed by atoms with Crippen LogP contribution < -0.4 is 4.90 Å². The van der Waals surface area contributed by atoms with E-state index in [9.17, 15) is 4.79 Å². The first-order valence-corrected chi connectivity index (χ1v) is 8.52. The van der Waals surface area contributed by atoms with Crippen molar-refractivity contribution < 1.29 is 4.79 Å². The topological polar surface area (TPSA) is 37.6 Å². The molecule has 24 heavy (non-hydrogen) atoms. The van der Waals surface area contributed by atoms with Crippen molar-refractivity contribution in [1.29, 1.82) is 0 Å². The average molecular weight is 333 g/mol. The molecule has 0 aliphatic carbocycles. The number of thiazole rings is 1. The van der Waals surface area contributed by atoms with Crippen LogP contribution in [-0.2, 0) is 6.54 Å². The summed E-state index contributed by atoms with van der Waals surface area (Å²) >= 11 is 1.52. The van der Waals surface area contributed by atoms with Crippen LogP contribution in [-0.4, -0.2) is 15.3 Å². The molecule has 0 atom stereocenters. The van der Waals surface area contributed by atoms with Gasteiger partial charge in [-0.05, 0) is 17.7 Å². The predicted molar refractivity (Wildman–Crippen MR) is 96.5 cm³/mol. The fourth-order valence-electron chi connectivity index (χ4n) is 2.62. The molecule has 0 saturated carbocycles. The number of hydrogen-bond donors (Lipinski definition) is 0. The number of rotatable bonds is 4. The Hall–Kier alpha value is -2.92. The Balaban J connectivity index is 1.71. The zero-order valence-corrected chi connectivity index (χ0v) is 13.7. The second kappa shape index (κ2) is 6.29. The van der Waals surface area contributed by atoms with Gasteiger partial charge < -0.3 is 4.90 Å². The Kier molecular flexibility index (Phi) is 3.84. The van der Waals surface area contributed by atoms with Crippen molar-refractivity contribution in [2.24, 2.45) is 0 Å². The highest BCUT2D eigenvalue weighted by atomic mass is 32.1. The van der Waals surface area contributed by atoms with Gasteiger partial charge >= 0.3 is 0 Å². The Bertz CT molecular complexity index is 931. The number of para-hydroxylation sites is 1. The molecule has 4 nitrogen and oxygen atoms in total. The minimum atomic E-state index is -0.0963. The molecule has 0 fully saturated rings. The quantitative estimate of drug-likeness (QED) is 0.560. The Morgan fingerprint density at radius 1 is 1.04 bits per heavy atom. The molecule has 0 bridgehead atoms. The minimum absolute atomic E-state index is 0.0963. The number of benzene rings is 2. The number of aromatic nitrogens is 2. The molecule has 0 aliphatic heterocycles. The SMILES string of the molecule is O=C(c1cn2ccsc2n1)N(Cc1ccccc1)c1ccccc1. The number of imidazole rings is 1. The number of carbonyl (C=O) groups excluding carboxylic acids is 1. The monoisotopic (exact) mass is 333 g/mol. The average Bonchev–Trinajstić information content (AvgIpc) is 3.23. The molecule has 1 amide bonds. The van der Waals surface area contributed by atoms with Crippen LogP contribution in [0.25, 0.3) is 4.96 Å². The molecule has 0 N–H and O–H groups in total. The van der Waals surface area contributed by atoms with E-state index in [-0.39, 0.29) is 5.91 Å². The fourth-order valence-corrected chi connectivity index (χ4v) is 3.32. The van der Waals surface area contributed by atoms with Gasteiger partial charge in [0.25, 0.3) is 5.91 Å². The summed E-state index contributed by atoms with van der Waals surface area (Å²) in [6.07, 6.45) is 3.70. The smallest absolute Gasteiger partial charge is 0.278 e. The van der Waals surface area contributed by atoms with Crippen LogP contribution in [0.2, 0.25) is 0 Å². The predicted octanol–water partition coefficient (Wildman–Crippen LogP) is 4.24. The summed E-state index contributed by atoms with van der Waals surface area (Å²) in [5.41, 5.74) is 2.40. The van der Waals surface area contributed by atoms with Crippen LogP contribution >= 0.6 is 11.3 Å². The van der Waals surface area contributed by atoms with Crippen molar-refractivity contribution in [3.05, 3.63) is 89.7 Å². The second-order valence-corrected chi connectivity index (χ2v) is 6.30. The summed E-state index contributed by atoms with van der Waals surface area (Å²) in [4.78, 5) is 20.1. The summed E-state index contributed by atoms with van der Waals surface area (Å²) in [7, 11) is 0. The third-order valence-corrected chi connectivity index (χ3v) is 4.58. The van der Waals surface area contributed by atoms with Gasteiger partial charge in [-0.3, -0.25) is 9.20 Å². The van der Waals surface area contributed by atoms with Crippen LogP contribution in [0.15, 0.2) is 78.4 Å². The fraction of sp³-hybridized carbons (Fsp3) is 0.0526. The molecule has 0 aliphatic rings. The van der Waals surface area contributed by atoms with Gasteiger partial charge in [-0.2, -0.15) is 0 Å². The molecule has 0 saturated heterocycles. The van der Waals surface area contributed by atoms with Crippen molar-refractivity contribution in [3.63, 3.8) is 0 Å². The Morgan fingerprint density at radius 2 is 1.75 bits per heavy atom. The lowest BCUT2D eigenvalue weighted by atomic mass is 10.2. The lowest BCUT2D eigenvalue weighted by Crippen LogP contribution is -2.30. The molecule has 0 radical (unpaired) electrons. The van der Waals surface area contributed by atoms with Gasteiger partial charge in [0.15, 0.2) is 4.96 Å². The van der Waals surface area contributed by atoms with E-state index in [1.807, 2.05) is 76.6 Å². The van der Waals surface area contributed by atoms with Gasteiger partial charge in [0, 0.05) is 23.5 Å². The maximum Gasteiger partial charge on any atom is 0.278 e. The van der Waals surface area contributed by atoms with Gasteiger partial charge in [0.2, 0.25) is 0 Å². The van der Waals surface area contributed by atoms with Crippen LogP contribution in [0.5, 0.6) is 0 Å². The normalized spacial score (nSPS) is 10.8. The molecule has 0 unspecified atom stereocenters. The summed E-state index contributed by atoms with van der Waals surface area (Å²) in [5.74, 6) is -0.0963. The number of amides is 1. The van der Waals surface area contributed by atoms with Crippen LogP contribution in [0.1, 0.15) is 16.1 Å². The van der Waals surface area contributed by atoms with E-state index in [1.165, 1.54) is 11.3 Å². The third-order valence-electron chi connectivity index (χ3n) is 3.81. The molecule has 118 valence electrons. The van der Waals surface area contributed by atoms with E-state index >= 15 is 0 Å². The number of carbonyl (C=O) groups is 1. The largest absolute Gasteiger partial charge is 0.303 e. The van der Waals surface area contributed by atoms with E-state index < -0.39 is 0 Å². The lowest BCUT2D eigenvalue weighted by Gasteiger charge is -2.22. The summed E-state index contributed by atoms with van der Waals surface area (Å²) in [6, 6.07) is 19.7. The van der Waals surface area contributed by atoms with Crippen molar-refractivity contribution >= 4 is 27.9 Å². The van der Waals surface area contributed by atoms with E-state index in [2.05, 4.69) is 4.98 Å². The molecule has 2 aromatic carbocycles. The number of nitrogens with zero attached hydrogens (tertiary/aromatic N) is 3. The van der Waals surface area contributed by atoms with Gasteiger partial charge in [0.05, 0.1) is 6.54 Å². The van der Waals surface area contributed by atoms with E-state index in [0.717, 1.165) is 16.2 Å². The molecule has 2 aromatic heterocycles. The zero-order chi connectivity index (χ0) is 16.4. The second-order valence-electron chi connectivity index (χ2n) is 5.43. The minimum Gasteiger partial charge on any atom is -0.303 e. The number of hydrogen-bond acceptors (Lipinski definition) is 3. The van der Waals surface area contributed by atoms with Crippen LogP contribution in [0.3, 0.4) is 0 Å². The van der Waals surface area contributed by atoms with Gasteiger partial charge in [0.1, 0.15) is 5.69 Å². The van der Waals surface area contributed by atoms with Gasteiger partial charge in [-0.25, -0.2) is 4.98 Å². The molecular weight excluding hydrogens is 318 g/mol. The Morgan fingerprint density at radius 3 is 2.46 bits per heavy atom. The first-order valence-electron chi connectivity index (χ1n) is 7.64. The molecule has 4 aromatic rings. The number of anilines is 1. The molecule has 0 spiro atoms. The van der Waals surface area contributed by atoms with E-state index in [0.29, 0.717) is 12.2 Å². The van der Waals surface area contributed by atoms with E-state index in [4.69, 9.17) is 0 Å². The van der Waals surface area contributed by atoms with Gasteiger partial charge in [-0.15, -0.1) is 11.3 Å². The first kappa shape index (κ1) is 14.7.